The summed E-state index contributed by atoms with van der Waals surface area (Å²) in [6, 6.07) is 12.1. The number of benzene rings is 2. The van der Waals surface area contributed by atoms with Crippen molar-refractivity contribution < 1.29 is 23.9 Å². The molecule has 1 aliphatic carbocycles. The highest BCUT2D eigenvalue weighted by Gasteiger charge is 2.35. The van der Waals surface area contributed by atoms with Crippen LogP contribution in [0.1, 0.15) is 23.3 Å². The lowest BCUT2D eigenvalue weighted by Gasteiger charge is -2.32. The van der Waals surface area contributed by atoms with E-state index in [-0.39, 0.29) is 25.7 Å². The first-order chi connectivity index (χ1) is 19.5. The second-order valence-electron chi connectivity index (χ2n) is 10.0. The second kappa shape index (κ2) is 12.1. The summed E-state index contributed by atoms with van der Waals surface area (Å²) >= 11 is 0. The molecule has 0 radical (unpaired) electrons. The molecule has 3 aliphatic rings. The van der Waals surface area contributed by atoms with Crippen LogP contribution >= 0.6 is 0 Å². The van der Waals surface area contributed by atoms with Crippen LogP contribution in [0.5, 0.6) is 5.75 Å². The maximum Gasteiger partial charge on any atom is 0.333 e. The largest absolute Gasteiger partial charge is 0.484 e. The van der Waals surface area contributed by atoms with E-state index in [2.05, 4.69) is 25.8 Å². The van der Waals surface area contributed by atoms with E-state index in [1.165, 1.54) is 0 Å². The Hall–Kier alpha value is -4.26. The Morgan fingerprint density at radius 2 is 1.73 bits per heavy atom. The number of nitrogens with one attached hydrogen (secondary N) is 3. The predicted molar refractivity (Wildman–Crippen MR) is 154 cm³/mol. The number of urea groups is 1. The molecule has 2 saturated heterocycles. The summed E-state index contributed by atoms with van der Waals surface area (Å²) in [5.41, 5.74) is 6.66. The number of likely N-dealkylation sites (N-methyl/N-ethyl adjacent to an activating group) is 1. The number of ketones is 1. The van der Waals surface area contributed by atoms with Crippen LogP contribution in [-0.2, 0) is 9.53 Å². The first kappa shape index (κ1) is 28.3. The molecule has 1 aromatic heterocycles. The van der Waals surface area contributed by atoms with Crippen molar-refractivity contribution in [3.8, 4) is 28.3 Å². The summed E-state index contributed by atoms with van der Waals surface area (Å²) in [6.45, 7) is 5.38. The number of hydrazine groups is 1. The Bertz CT molecular complexity index is 1420. The minimum Gasteiger partial charge on any atom is -0.484 e. The summed E-state index contributed by atoms with van der Waals surface area (Å²) in [6.07, 6.45) is 0. The van der Waals surface area contributed by atoms with Crippen LogP contribution in [0.4, 0.5) is 10.5 Å². The molecule has 0 bridgehead atoms. The minimum absolute atomic E-state index is 0. The third kappa shape index (κ3) is 5.80. The van der Waals surface area contributed by atoms with E-state index in [0.29, 0.717) is 78.9 Å². The summed E-state index contributed by atoms with van der Waals surface area (Å²) in [7, 11) is 2.04. The van der Waals surface area contributed by atoms with Gasteiger partial charge in [-0.25, -0.2) is 9.80 Å². The van der Waals surface area contributed by atoms with Crippen molar-refractivity contribution >= 4 is 23.4 Å². The molecule has 3 aromatic rings. The van der Waals surface area contributed by atoms with Gasteiger partial charge in [-0.1, -0.05) is 19.6 Å². The number of morpholine rings is 1. The van der Waals surface area contributed by atoms with Crippen molar-refractivity contribution in [2.24, 2.45) is 0 Å². The van der Waals surface area contributed by atoms with Crippen molar-refractivity contribution in [3.05, 3.63) is 53.6 Å². The molecule has 2 aliphatic heterocycles. The molecule has 216 valence electrons. The highest BCUT2D eigenvalue weighted by atomic mass is 16.5. The maximum atomic E-state index is 13.6. The molecule has 12 heteroatoms. The van der Waals surface area contributed by atoms with E-state index in [1.807, 2.05) is 30.1 Å². The highest BCUT2D eigenvalue weighted by Crippen LogP contribution is 2.43. The number of hydrogen-bond donors (Lipinski definition) is 3. The summed E-state index contributed by atoms with van der Waals surface area (Å²) in [5, 5.41) is 12.0. The lowest BCUT2D eigenvalue weighted by Crippen LogP contribution is -2.49. The standard InChI is InChI=1S/C28H31N7O5.CH4/c1-33-9-11-34(12-10-33)22(36)17-40-19-7-5-18(6-8-19)25-24-26(31-30-25)20-3-2-4-21(23(20)27(24)37)29-28(38)32-35-13-15-39-16-14-35;/h2-8H,9-17H2,1H3,(H,30,31)(H2,29,32,38);1H4. The van der Waals surface area contributed by atoms with Gasteiger partial charge >= 0.3 is 6.03 Å². The molecule has 2 aromatic carbocycles. The molecule has 3 N–H and O–H groups in total. The van der Waals surface area contributed by atoms with E-state index < -0.39 is 6.03 Å². The number of carbonyl (C=O) groups is 3. The van der Waals surface area contributed by atoms with Gasteiger partial charge in [0, 0.05) is 50.4 Å². The van der Waals surface area contributed by atoms with Crippen LogP contribution in [-0.4, -0.2) is 109 Å². The van der Waals surface area contributed by atoms with Crippen molar-refractivity contribution in [1.82, 2.24) is 30.4 Å². The quantitative estimate of drug-likeness (QED) is 0.327. The molecule has 3 amide bonds. The number of amides is 3. The van der Waals surface area contributed by atoms with Crippen LogP contribution < -0.4 is 15.5 Å². The number of carbonyl (C=O) groups excluding carboxylic acids is 3. The molecule has 0 saturated carbocycles. The number of aromatic nitrogens is 2. The molecule has 0 unspecified atom stereocenters. The number of hydrogen-bond acceptors (Lipinski definition) is 8. The van der Waals surface area contributed by atoms with Crippen LogP contribution in [0.3, 0.4) is 0 Å². The van der Waals surface area contributed by atoms with Gasteiger partial charge in [-0.15, -0.1) is 0 Å². The van der Waals surface area contributed by atoms with Crippen LogP contribution in [0.2, 0.25) is 0 Å². The van der Waals surface area contributed by atoms with Gasteiger partial charge in [-0.3, -0.25) is 20.1 Å². The van der Waals surface area contributed by atoms with Crippen molar-refractivity contribution in [3.63, 3.8) is 0 Å². The van der Waals surface area contributed by atoms with Gasteiger partial charge in [0.15, 0.2) is 12.4 Å². The van der Waals surface area contributed by atoms with E-state index in [1.54, 1.807) is 29.3 Å². The topological polar surface area (TPSA) is 132 Å². The van der Waals surface area contributed by atoms with Crippen molar-refractivity contribution in [1.29, 1.82) is 0 Å². The molecule has 0 spiro atoms. The third-order valence-electron chi connectivity index (χ3n) is 7.42. The molecule has 12 nitrogen and oxygen atoms in total. The molecule has 3 heterocycles. The minimum atomic E-state index is -0.418. The molecule has 2 fully saturated rings. The normalized spacial score (nSPS) is 16.9. The van der Waals surface area contributed by atoms with Gasteiger partial charge in [0.1, 0.15) is 11.4 Å². The summed E-state index contributed by atoms with van der Waals surface area (Å²) < 4.78 is 11.0. The number of fused-ring (bicyclic) bond motifs is 3. The third-order valence-corrected chi connectivity index (χ3v) is 7.42. The Labute approximate surface area is 238 Å². The first-order valence-electron chi connectivity index (χ1n) is 13.3. The zero-order chi connectivity index (χ0) is 27.6. The van der Waals surface area contributed by atoms with Gasteiger partial charge < -0.3 is 24.6 Å². The average molecular weight is 562 g/mol. The molecule has 41 heavy (non-hydrogen) atoms. The van der Waals surface area contributed by atoms with E-state index in [0.717, 1.165) is 18.7 Å². The highest BCUT2D eigenvalue weighted by molar-refractivity contribution is 6.26. The van der Waals surface area contributed by atoms with Gasteiger partial charge in [0.2, 0.25) is 0 Å². The number of rotatable bonds is 6. The average Bonchev–Trinajstić information content (AvgIpc) is 3.53. The molecular weight excluding hydrogens is 526 g/mol. The zero-order valence-corrected chi connectivity index (χ0v) is 22.2. The van der Waals surface area contributed by atoms with E-state index in [4.69, 9.17) is 9.47 Å². The van der Waals surface area contributed by atoms with E-state index >= 15 is 0 Å². The maximum absolute atomic E-state index is 13.6. The summed E-state index contributed by atoms with van der Waals surface area (Å²) in [5.74, 6) is 0.314. The number of ether oxygens (including phenoxy) is 2. The molecular formula is C29H35N7O5. The number of piperazine rings is 1. The molecule has 6 rings (SSSR count). The van der Waals surface area contributed by atoms with Gasteiger partial charge in [0.05, 0.1) is 35.7 Å². The van der Waals surface area contributed by atoms with Gasteiger partial charge in [0.25, 0.3) is 5.91 Å². The van der Waals surface area contributed by atoms with Crippen LogP contribution in [0.25, 0.3) is 22.5 Å². The zero-order valence-electron chi connectivity index (χ0n) is 22.2. The van der Waals surface area contributed by atoms with Gasteiger partial charge in [-0.05, 0) is 37.4 Å². The van der Waals surface area contributed by atoms with Crippen LogP contribution in [0, 0.1) is 0 Å². The summed E-state index contributed by atoms with van der Waals surface area (Å²) in [4.78, 5) is 42.8. The number of nitrogens with zero attached hydrogens (tertiary/aromatic N) is 4. The number of aromatic amines is 1. The predicted octanol–water partition coefficient (Wildman–Crippen LogP) is 2.45. The lowest BCUT2D eigenvalue weighted by molar-refractivity contribution is -0.134. The number of anilines is 1. The number of H-pyrrole nitrogens is 1. The first-order valence-corrected chi connectivity index (χ1v) is 13.3. The Morgan fingerprint density at radius 3 is 2.46 bits per heavy atom. The Balaban J connectivity index is 0.00000337. The Kier molecular flexibility index (Phi) is 8.34. The second-order valence-corrected chi connectivity index (χ2v) is 10.0. The van der Waals surface area contributed by atoms with Gasteiger partial charge in [-0.2, -0.15) is 5.10 Å². The Morgan fingerprint density at radius 1 is 1.00 bits per heavy atom. The SMILES string of the molecule is C.CN1CCN(C(=O)COc2ccc(-c3n[nH]c4c3C(=O)c3c(NC(=O)NN5CCOCC5)cccc3-4)cc2)CC1. The monoisotopic (exact) mass is 561 g/mol. The van der Waals surface area contributed by atoms with Crippen LogP contribution in [0.15, 0.2) is 42.5 Å². The van der Waals surface area contributed by atoms with Crippen molar-refractivity contribution in [2.45, 2.75) is 7.43 Å². The van der Waals surface area contributed by atoms with E-state index in [9.17, 15) is 14.4 Å². The van der Waals surface area contributed by atoms with Crippen molar-refractivity contribution in [2.75, 3.05) is 71.5 Å². The molecule has 0 atom stereocenters. The lowest BCUT2D eigenvalue weighted by atomic mass is 10.0. The fraction of sp³-hybridized carbons (Fsp3) is 0.379. The smallest absolute Gasteiger partial charge is 0.333 e. The fourth-order valence-corrected chi connectivity index (χ4v) is 5.17. The fourth-order valence-electron chi connectivity index (χ4n) is 5.17.